The van der Waals surface area contributed by atoms with Crippen molar-refractivity contribution in [3.05, 3.63) is 53.6 Å². The number of rotatable bonds is 7. The maximum Gasteiger partial charge on any atom is 0.243 e. The molecule has 2 aromatic rings. The van der Waals surface area contributed by atoms with Crippen molar-refractivity contribution in [3.8, 4) is 5.75 Å². The molecule has 0 bridgehead atoms. The zero-order valence-electron chi connectivity index (χ0n) is 17.0. The van der Waals surface area contributed by atoms with E-state index in [9.17, 15) is 13.2 Å². The molecule has 9 heteroatoms. The number of benzene rings is 2. The SMILES string of the molecule is CN1CCC(Oc2ccc(NC(=O)CN(C)S(=O)(=O)c3ccc(Cl)cc3)cc2)CC1. The molecule has 162 valence electrons. The predicted octanol–water partition coefficient (Wildman–Crippen LogP) is 3.07. The van der Waals surface area contributed by atoms with Crippen LogP contribution in [0.2, 0.25) is 5.02 Å². The minimum Gasteiger partial charge on any atom is -0.490 e. The van der Waals surface area contributed by atoms with E-state index in [2.05, 4.69) is 17.3 Å². The van der Waals surface area contributed by atoms with Crippen LogP contribution in [0.1, 0.15) is 12.8 Å². The summed E-state index contributed by atoms with van der Waals surface area (Å²) in [5.74, 6) is 0.323. The molecule has 2 aromatic carbocycles. The van der Waals surface area contributed by atoms with Crippen LogP contribution in [0.3, 0.4) is 0 Å². The van der Waals surface area contributed by atoms with E-state index in [0.717, 1.165) is 36.0 Å². The lowest BCUT2D eigenvalue weighted by Crippen LogP contribution is -2.35. The minimum absolute atomic E-state index is 0.0811. The van der Waals surface area contributed by atoms with Gasteiger partial charge in [-0.3, -0.25) is 4.79 Å². The van der Waals surface area contributed by atoms with E-state index in [-0.39, 0.29) is 17.5 Å². The fraction of sp³-hybridized carbons (Fsp3) is 0.381. The average molecular weight is 452 g/mol. The van der Waals surface area contributed by atoms with Gasteiger partial charge < -0.3 is 15.0 Å². The summed E-state index contributed by atoms with van der Waals surface area (Å²) in [6, 6.07) is 12.9. The Morgan fingerprint density at radius 2 is 1.73 bits per heavy atom. The quantitative estimate of drug-likeness (QED) is 0.699. The summed E-state index contributed by atoms with van der Waals surface area (Å²) in [6.45, 7) is 1.73. The van der Waals surface area contributed by atoms with E-state index >= 15 is 0 Å². The van der Waals surface area contributed by atoms with E-state index in [4.69, 9.17) is 16.3 Å². The van der Waals surface area contributed by atoms with E-state index in [1.165, 1.54) is 31.3 Å². The second kappa shape index (κ2) is 9.78. The molecule has 1 fully saturated rings. The minimum atomic E-state index is -3.78. The standard InChI is InChI=1S/C21H26ClN3O4S/c1-24-13-11-19(12-14-24)29-18-7-5-17(6-8-18)23-21(26)15-25(2)30(27,28)20-9-3-16(22)4-10-20/h3-10,19H,11-15H2,1-2H3,(H,23,26). The highest BCUT2D eigenvalue weighted by Crippen LogP contribution is 2.21. The van der Waals surface area contributed by atoms with Crippen LogP contribution >= 0.6 is 11.6 Å². The normalized spacial score (nSPS) is 15.9. The molecule has 1 N–H and O–H groups in total. The largest absolute Gasteiger partial charge is 0.490 e. The smallest absolute Gasteiger partial charge is 0.243 e. The molecule has 3 rings (SSSR count). The van der Waals surface area contributed by atoms with Gasteiger partial charge in [0.05, 0.1) is 11.4 Å². The highest BCUT2D eigenvalue weighted by molar-refractivity contribution is 7.89. The van der Waals surface area contributed by atoms with Crippen LogP contribution in [-0.2, 0) is 14.8 Å². The van der Waals surface area contributed by atoms with Crippen molar-refractivity contribution in [2.75, 3.05) is 39.0 Å². The van der Waals surface area contributed by atoms with Crippen molar-refractivity contribution in [1.29, 1.82) is 0 Å². The number of ether oxygens (including phenoxy) is 1. The fourth-order valence-corrected chi connectivity index (χ4v) is 4.44. The lowest BCUT2D eigenvalue weighted by molar-refractivity contribution is -0.116. The van der Waals surface area contributed by atoms with E-state index in [1.807, 2.05) is 12.1 Å². The first-order valence-corrected chi connectivity index (χ1v) is 11.5. The molecule has 30 heavy (non-hydrogen) atoms. The highest BCUT2D eigenvalue weighted by Gasteiger charge is 2.23. The summed E-state index contributed by atoms with van der Waals surface area (Å²) in [6.07, 6.45) is 2.18. The summed E-state index contributed by atoms with van der Waals surface area (Å²) in [5, 5.41) is 3.16. The second-order valence-electron chi connectivity index (χ2n) is 7.41. The lowest BCUT2D eigenvalue weighted by atomic mass is 10.1. The maximum atomic E-state index is 12.6. The Bertz CT molecular complexity index is 957. The zero-order chi connectivity index (χ0) is 21.7. The molecule has 1 amide bonds. The number of amides is 1. The Labute approximate surface area is 182 Å². The van der Waals surface area contributed by atoms with Crippen LogP contribution in [0.4, 0.5) is 5.69 Å². The predicted molar refractivity (Wildman–Crippen MR) is 117 cm³/mol. The molecule has 0 aliphatic carbocycles. The van der Waals surface area contributed by atoms with Crippen LogP contribution in [-0.4, -0.2) is 63.4 Å². The number of likely N-dealkylation sites (tertiary alicyclic amines) is 1. The first-order chi connectivity index (χ1) is 14.2. The fourth-order valence-electron chi connectivity index (χ4n) is 3.19. The van der Waals surface area contributed by atoms with Crippen molar-refractivity contribution in [1.82, 2.24) is 9.21 Å². The van der Waals surface area contributed by atoms with Crippen molar-refractivity contribution in [2.45, 2.75) is 23.8 Å². The van der Waals surface area contributed by atoms with Gasteiger partial charge in [0.1, 0.15) is 11.9 Å². The summed E-state index contributed by atoms with van der Waals surface area (Å²) >= 11 is 5.80. The Morgan fingerprint density at radius 3 is 2.33 bits per heavy atom. The van der Waals surface area contributed by atoms with Crippen molar-refractivity contribution < 1.29 is 17.9 Å². The molecule has 0 radical (unpaired) electrons. The first-order valence-electron chi connectivity index (χ1n) is 9.71. The Morgan fingerprint density at radius 1 is 1.13 bits per heavy atom. The van der Waals surface area contributed by atoms with E-state index < -0.39 is 15.9 Å². The number of carbonyl (C=O) groups excluding carboxylic acids is 1. The number of anilines is 1. The summed E-state index contributed by atoms with van der Waals surface area (Å²) in [7, 11) is -0.314. The van der Waals surface area contributed by atoms with Crippen LogP contribution in [0, 0.1) is 0 Å². The van der Waals surface area contributed by atoms with Crippen molar-refractivity contribution in [2.24, 2.45) is 0 Å². The topological polar surface area (TPSA) is 79.0 Å². The summed E-state index contributed by atoms with van der Waals surface area (Å²) in [5.41, 5.74) is 0.577. The second-order valence-corrected chi connectivity index (χ2v) is 9.89. The molecular weight excluding hydrogens is 426 g/mol. The Balaban J connectivity index is 1.53. The van der Waals surface area contributed by atoms with Gasteiger partial charge in [-0.1, -0.05) is 11.6 Å². The third-order valence-electron chi connectivity index (χ3n) is 4.99. The molecule has 0 spiro atoms. The van der Waals surface area contributed by atoms with Crippen LogP contribution < -0.4 is 10.1 Å². The average Bonchev–Trinajstić information content (AvgIpc) is 2.71. The van der Waals surface area contributed by atoms with Gasteiger partial charge in [0.25, 0.3) is 0 Å². The lowest BCUT2D eigenvalue weighted by Gasteiger charge is -2.29. The number of hydrogen-bond acceptors (Lipinski definition) is 5. The van der Waals surface area contributed by atoms with Gasteiger partial charge in [-0.25, -0.2) is 8.42 Å². The number of hydrogen-bond donors (Lipinski definition) is 1. The molecule has 0 unspecified atom stereocenters. The number of piperidine rings is 1. The monoisotopic (exact) mass is 451 g/mol. The van der Waals surface area contributed by atoms with Crippen molar-refractivity contribution in [3.63, 3.8) is 0 Å². The third-order valence-corrected chi connectivity index (χ3v) is 7.06. The molecule has 0 aromatic heterocycles. The summed E-state index contributed by atoms with van der Waals surface area (Å²) < 4.78 is 32.1. The highest BCUT2D eigenvalue weighted by atomic mass is 35.5. The first kappa shape index (κ1) is 22.6. The van der Waals surface area contributed by atoms with Gasteiger partial charge in [0.15, 0.2) is 0 Å². The molecule has 0 saturated carbocycles. The third kappa shape index (κ3) is 5.95. The van der Waals surface area contributed by atoms with Crippen LogP contribution in [0.5, 0.6) is 5.75 Å². The number of nitrogens with one attached hydrogen (secondary N) is 1. The van der Waals surface area contributed by atoms with Crippen LogP contribution in [0.25, 0.3) is 0 Å². The number of nitrogens with zero attached hydrogens (tertiary/aromatic N) is 2. The molecular formula is C21H26ClN3O4S. The molecule has 7 nitrogen and oxygen atoms in total. The van der Waals surface area contributed by atoms with Crippen LogP contribution in [0.15, 0.2) is 53.4 Å². The molecule has 1 saturated heterocycles. The van der Waals surface area contributed by atoms with Gasteiger partial charge in [-0.2, -0.15) is 4.31 Å². The molecule has 1 aliphatic heterocycles. The Hall–Kier alpha value is -2.13. The number of carbonyl (C=O) groups is 1. The number of halogens is 1. The summed E-state index contributed by atoms with van der Waals surface area (Å²) in [4.78, 5) is 14.7. The Kier molecular flexibility index (Phi) is 7.36. The van der Waals surface area contributed by atoms with Gasteiger partial charge >= 0.3 is 0 Å². The van der Waals surface area contributed by atoms with Gasteiger partial charge in [-0.05, 0) is 68.4 Å². The van der Waals surface area contributed by atoms with E-state index in [1.54, 1.807) is 12.1 Å². The maximum absolute atomic E-state index is 12.6. The van der Waals surface area contributed by atoms with Crippen molar-refractivity contribution >= 4 is 33.2 Å². The molecule has 1 aliphatic rings. The van der Waals surface area contributed by atoms with E-state index in [0.29, 0.717) is 10.7 Å². The van der Waals surface area contributed by atoms with Gasteiger partial charge in [-0.15, -0.1) is 0 Å². The molecule has 1 heterocycles. The van der Waals surface area contributed by atoms with Gasteiger partial charge in [0, 0.05) is 30.8 Å². The number of likely N-dealkylation sites (N-methyl/N-ethyl adjacent to an activating group) is 1. The van der Waals surface area contributed by atoms with Gasteiger partial charge in [0.2, 0.25) is 15.9 Å². The number of sulfonamides is 1. The molecule has 0 atom stereocenters. The zero-order valence-corrected chi connectivity index (χ0v) is 18.6.